The van der Waals surface area contributed by atoms with Crippen LogP contribution in [0.5, 0.6) is 5.75 Å². The minimum Gasteiger partial charge on any atom is -0.426 e. The Bertz CT molecular complexity index is 864. The van der Waals surface area contributed by atoms with Crippen LogP contribution in [0.2, 0.25) is 0 Å². The van der Waals surface area contributed by atoms with Gasteiger partial charge in [0.1, 0.15) is 5.75 Å². The van der Waals surface area contributed by atoms with E-state index in [0.717, 1.165) is 24.3 Å². The Morgan fingerprint density at radius 3 is 2.26 bits per heavy atom. The van der Waals surface area contributed by atoms with Crippen LogP contribution in [-0.2, 0) is 14.4 Å². The lowest BCUT2D eigenvalue weighted by molar-refractivity contribution is -0.139. The van der Waals surface area contributed by atoms with E-state index in [2.05, 4.69) is 0 Å². The molecule has 0 aliphatic carbocycles. The van der Waals surface area contributed by atoms with Crippen LogP contribution in [0.25, 0.3) is 0 Å². The predicted octanol–water partition coefficient (Wildman–Crippen LogP) is 2.77. The molecule has 0 aromatic heterocycles. The fraction of sp³-hybridized carbons (Fsp3) is 0.286. The zero-order valence-corrected chi connectivity index (χ0v) is 14.8. The van der Waals surface area contributed by atoms with Crippen molar-refractivity contribution in [3.63, 3.8) is 0 Å². The van der Waals surface area contributed by atoms with E-state index in [4.69, 9.17) is 4.74 Å². The van der Waals surface area contributed by atoms with Crippen LogP contribution in [0, 0.1) is 5.92 Å². The molecule has 1 atom stereocenters. The van der Waals surface area contributed by atoms with Crippen LogP contribution in [0.1, 0.15) is 19.3 Å². The van der Waals surface area contributed by atoms with Crippen molar-refractivity contribution in [1.29, 1.82) is 0 Å². The molecule has 6 heteroatoms. The van der Waals surface area contributed by atoms with E-state index >= 15 is 0 Å². The molecule has 138 valence electrons. The van der Waals surface area contributed by atoms with Crippen molar-refractivity contribution in [2.45, 2.75) is 19.3 Å². The zero-order chi connectivity index (χ0) is 18.8. The van der Waals surface area contributed by atoms with Crippen molar-refractivity contribution >= 4 is 29.2 Å². The van der Waals surface area contributed by atoms with Gasteiger partial charge in [-0.05, 0) is 42.8 Å². The molecule has 2 amide bonds. The third-order valence-electron chi connectivity index (χ3n) is 4.97. The van der Waals surface area contributed by atoms with E-state index in [9.17, 15) is 14.4 Å². The maximum Gasteiger partial charge on any atom is 0.316 e. The Morgan fingerprint density at radius 2 is 1.59 bits per heavy atom. The molecule has 2 aliphatic rings. The van der Waals surface area contributed by atoms with E-state index in [0.29, 0.717) is 18.7 Å². The van der Waals surface area contributed by atoms with Crippen molar-refractivity contribution in [3.8, 4) is 5.75 Å². The molecule has 0 spiro atoms. The predicted molar refractivity (Wildman–Crippen MR) is 101 cm³/mol. The lowest BCUT2D eigenvalue weighted by atomic mass is 10.1. The summed E-state index contributed by atoms with van der Waals surface area (Å²) in [5.41, 5.74) is 1.60. The van der Waals surface area contributed by atoms with Gasteiger partial charge in [-0.1, -0.05) is 18.2 Å². The Labute approximate surface area is 157 Å². The highest BCUT2D eigenvalue weighted by Gasteiger charge is 2.36. The summed E-state index contributed by atoms with van der Waals surface area (Å²) in [6.45, 7) is 1.04. The second-order valence-corrected chi connectivity index (χ2v) is 6.80. The molecular weight excluding hydrogens is 344 g/mol. The summed E-state index contributed by atoms with van der Waals surface area (Å²) in [6, 6.07) is 16.2. The van der Waals surface area contributed by atoms with Gasteiger partial charge in [-0.2, -0.15) is 0 Å². The first kappa shape index (κ1) is 17.3. The molecule has 6 nitrogen and oxygen atoms in total. The second kappa shape index (κ2) is 7.23. The lowest BCUT2D eigenvalue weighted by Crippen LogP contribution is -2.27. The number of rotatable bonds is 4. The van der Waals surface area contributed by atoms with Gasteiger partial charge in [0, 0.05) is 37.3 Å². The summed E-state index contributed by atoms with van der Waals surface area (Å²) < 4.78 is 5.45. The first-order chi connectivity index (χ1) is 13.1. The van der Waals surface area contributed by atoms with Crippen LogP contribution < -0.4 is 14.5 Å². The number of anilines is 2. The van der Waals surface area contributed by atoms with Crippen LogP contribution in [0.15, 0.2) is 54.6 Å². The van der Waals surface area contributed by atoms with Crippen LogP contribution >= 0.6 is 0 Å². The molecule has 0 radical (unpaired) electrons. The number of carbonyl (C=O) groups excluding carboxylic acids is 3. The van der Waals surface area contributed by atoms with Gasteiger partial charge in [0.05, 0.1) is 5.92 Å². The van der Waals surface area contributed by atoms with Crippen molar-refractivity contribution in [2.24, 2.45) is 5.92 Å². The van der Waals surface area contributed by atoms with E-state index in [1.54, 1.807) is 34.1 Å². The Hall–Kier alpha value is -3.15. The molecule has 4 rings (SSSR count). The first-order valence-electron chi connectivity index (χ1n) is 9.09. The maximum absolute atomic E-state index is 12.5. The van der Waals surface area contributed by atoms with Gasteiger partial charge >= 0.3 is 5.97 Å². The van der Waals surface area contributed by atoms with Gasteiger partial charge in [-0.25, -0.2) is 0 Å². The number of amides is 2. The lowest BCUT2D eigenvalue weighted by Gasteiger charge is -2.17. The van der Waals surface area contributed by atoms with Gasteiger partial charge in [-0.15, -0.1) is 0 Å². The number of carbonyl (C=O) groups is 3. The Morgan fingerprint density at radius 1 is 0.889 bits per heavy atom. The minimum atomic E-state index is -0.488. The third kappa shape index (κ3) is 3.56. The van der Waals surface area contributed by atoms with Crippen LogP contribution in [-0.4, -0.2) is 30.9 Å². The molecule has 2 aliphatic heterocycles. The summed E-state index contributed by atoms with van der Waals surface area (Å²) >= 11 is 0. The monoisotopic (exact) mass is 364 g/mol. The standard InChI is InChI=1S/C21H20N2O4/c24-19-7-4-12-22(19)17-8-10-18(11-9-17)27-21(26)15-13-20(25)23(14-15)16-5-2-1-3-6-16/h1-3,5-6,8-11,15H,4,7,12-14H2. The summed E-state index contributed by atoms with van der Waals surface area (Å²) in [5, 5.41) is 0. The normalized spacial score (nSPS) is 19.6. The molecule has 2 fully saturated rings. The molecule has 1 unspecified atom stereocenters. The third-order valence-corrected chi connectivity index (χ3v) is 4.97. The number of ether oxygens (including phenoxy) is 1. The highest BCUT2D eigenvalue weighted by atomic mass is 16.5. The summed E-state index contributed by atoms with van der Waals surface area (Å²) in [4.78, 5) is 39.9. The smallest absolute Gasteiger partial charge is 0.316 e. The number of hydrogen-bond donors (Lipinski definition) is 0. The highest BCUT2D eigenvalue weighted by Crippen LogP contribution is 2.28. The maximum atomic E-state index is 12.5. The van der Waals surface area contributed by atoms with E-state index in [1.165, 1.54) is 0 Å². The zero-order valence-electron chi connectivity index (χ0n) is 14.8. The molecular formula is C21H20N2O4. The van der Waals surface area contributed by atoms with Gasteiger partial charge < -0.3 is 14.5 Å². The van der Waals surface area contributed by atoms with Crippen molar-refractivity contribution < 1.29 is 19.1 Å². The molecule has 2 aromatic carbocycles. The number of hydrogen-bond acceptors (Lipinski definition) is 4. The molecule has 2 heterocycles. The molecule has 27 heavy (non-hydrogen) atoms. The molecule has 2 saturated heterocycles. The molecule has 2 aromatic rings. The van der Waals surface area contributed by atoms with E-state index in [1.807, 2.05) is 30.3 Å². The Balaban J connectivity index is 1.39. The second-order valence-electron chi connectivity index (χ2n) is 6.80. The number of para-hydroxylation sites is 1. The van der Waals surface area contributed by atoms with Crippen LogP contribution in [0.4, 0.5) is 11.4 Å². The van der Waals surface area contributed by atoms with Crippen molar-refractivity contribution in [2.75, 3.05) is 22.9 Å². The molecule has 0 bridgehead atoms. The van der Waals surface area contributed by atoms with Crippen LogP contribution in [0.3, 0.4) is 0 Å². The molecule has 0 N–H and O–H groups in total. The fourth-order valence-electron chi connectivity index (χ4n) is 3.54. The van der Waals surface area contributed by atoms with Gasteiger partial charge in [0.2, 0.25) is 11.8 Å². The summed E-state index contributed by atoms with van der Waals surface area (Å²) in [6.07, 6.45) is 1.58. The Kier molecular flexibility index (Phi) is 4.62. The largest absolute Gasteiger partial charge is 0.426 e. The number of nitrogens with zero attached hydrogens (tertiary/aromatic N) is 2. The van der Waals surface area contributed by atoms with Crippen molar-refractivity contribution in [1.82, 2.24) is 0 Å². The average molecular weight is 364 g/mol. The van der Waals surface area contributed by atoms with Gasteiger partial charge in [-0.3, -0.25) is 14.4 Å². The number of benzene rings is 2. The number of esters is 1. The summed E-state index contributed by atoms with van der Waals surface area (Å²) in [7, 11) is 0. The highest BCUT2D eigenvalue weighted by molar-refractivity contribution is 5.99. The van der Waals surface area contributed by atoms with E-state index < -0.39 is 11.9 Å². The quantitative estimate of drug-likeness (QED) is 0.618. The topological polar surface area (TPSA) is 66.9 Å². The van der Waals surface area contributed by atoms with Gasteiger partial charge in [0.15, 0.2) is 0 Å². The SMILES string of the molecule is O=C(Oc1ccc(N2CCCC2=O)cc1)C1CC(=O)N(c2ccccc2)C1. The van der Waals surface area contributed by atoms with Crippen molar-refractivity contribution in [3.05, 3.63) is 54.6 Å². The molecule has 0 saturated carbocycles. The van der Waals surface area contributed by atoms with E-state index in [-0.39, 0.29) is 18.2 Å². The summed E-state index contributed by atoms with van der Waals surface area (Å²) in [5.74, 6) is -0.443. The minimum absolute atomic E-state index is 0.0777. The fourth-order valence-corrected chi connectivity index (χ4v) is 3.54. The average Bonchev–Trinajstić information content (AvgIpc) is 3.29. The first-order valence-corrected chi connectivity index (χ1v) is 9.09. The van der Waals surface area contributed by atoms with Gasteiger partial charge in [0.25, 0.3) is 0 Å².